The van der Waals surface area contributed by atoms with E-state index in [-0.39, 0.29) is 22.6 Å². The zero-order valence-electron chi connectivity index (χ0n) is 12.0. The van der Waals surface area contributed by atoms with Crippen LogP contribution in [0.1, 0.15) is 15.9 Å². The Balaban J connectivity index is 2.57. The molecule has 0 aliphatic rings. The number of hydrogen-bond acceptors (Lipinski definition) is 6. The Morgan fingerprint density at radius 1 is 1.17 bits per heavy atom. The molecule has 23 heavy (non-hydrogen) atoms. The van der Waals surface area contributed by atoms with Crippen molar-refractivity contribution in [1.82, 2.24) is 0 Å². The summed E-state index contributed by atoms with van der Waals surface area (Å²) in [5, 5.41) is 16.7. The molecule has 0 fully saturated rings. The summed E-state index contributed by atoms with van der Waals surface area (Å²) in [6.07, 6.45) is 0. The lowest BCUT2D eigenvalue weighted by atomic mass is 10.1. The van der Waals surface area contributed by atoms with E-state index in [0.717, 1.165) is 6.07 Å². The van der Waals surface area contributed by atoms with Crippen molar-refractivity contribution >= 4 is 33.1 Å². The summed E-state index contributed by atoms with van der Waals surface area (Å²) in [5.41, 5.74) is 6.11. The van der Waals surface area contributed by atoms with Crippen LogP contribution in [0.5, 0.6) is 0 Å². The minimum atomic E-state index is -4.48. The number of benzene rings is 2. The standard InChI is InChI=1S/C14H13N3O5S/c1-8-6-9(14(18)19)13(10(15)7-8)17-16-11-4-2-3-5-12(11)23(20,21)22/h2-7H,15H2,1H3,(H,18,19)(H,20,21,22). The molecule has 0 aromatic heterocycles. The molecule has 0 aliphatic carbocycles. The number of aromatic carboxylic acids is 1. The Hall–Kier alpha value is -2.78. The third-order valence-electron chi connectivity index (χ3n) is 2.92. The van der Waals surface area contributed by atoms with Crippen molar-refractivity contribution in [3.63, 3.8) is 0 Å². The lowest BCUT2D eigenvalue weighted by Gasteiger charge is -2.06. The predicted molar refractivity (Wildman–Crippen MR) is 83.0 cm³/mol. The molecule has 0 heterocycles. The molecule has 0 unspecified atom stereocenters. The fourth-order valence-corrected chi connectivity index (χ4v) is 2.57. The van der Waals surface area contributed by atoms with Crippen molar-refractivity contribution in [2.75, 3.05) is 5.73 Å². The van der Waals surface area contributed by atoms with Crippen LogP contribution in [-0.4, -0.2) is 24.0 Å². The van der Waals surface area contributed by atoms with Gasteiger partial charge in [0.05, 0.1) is 11.3 Å². The van der Waals surface area contributed by atoms with E-state index < -0.39 is 21.0 Å². The molecule has 9 heteroatoms. The molecule has 2 aromatic rings. The zero-order valence-corrected chi connectivity index (χ0v) is 12.8. The third kappa shape index (κ3) is 3.71. The van der Waals surface area contributed by atoms with Gasteiger partial charge in [-0.2, -0.15) is 8.42 Å². The van der Waals surface area contributed by atoms with Gasteiger partial charge in [0.15, 0.2) is 0 Å². The smallest absolute Gasteiger partial charge is 0.338 e. The maximum Gasteiger partial charge on any atom is 0.338 e. The Kier molecular flexibility index (Phi) is 4.43. The molecule has 0 atom stereocenters. The molecule has 0 saturated heterocycles. The lowest BCUT2D eigenvalue weighted by Crippen LogP contribution is -2.00. The third-order valence-corrected chi connectivity index (χ3v) is 3.82. The van der Waals surface area contributed by atoms with E-state index in [0.29, 0.717) is 5.56 Å². The van der Waals surface area contributed by atoms with Gasteiger partial charge in [-0.1, -0.05) is 12.1 Å². The van der Waals surface area contributed by atoms with Gasteiger partial charge in [0.1, 0.15) is 16.3 Å². The lowest BCUT2D eigenvalue weighted by molar-refractivity contribution is 0.0697. The van der Waals surface area contributed by atoms with Gasteiger partial charge in [0, 0.05) is 0 Å². The van der Waals surface area contributed by atoms with E-state index in [2.05, 4.69) is 10.2 Å². The molecule has 2 rings (SSSR count). The molecule has 0 saturated carbocycles. The van der Waals surface area contributed by atoms with Gasteiger partial charge in [-0.25, -0.2) is 4.79 Å². The molecule has 0 bridgehead atoms. The van der Waals surface area contributed by atoms with Crippen LogP contribution in [0.2, 0.25) is 0 Å². The summed E-state index contributed by atoms with van der Waals surface area (Å²) < 4.78 is 31.7. The van der Waals surface area contributed by atoms with Crippen LogP contribution >= 0.6 is 0 Å². The Morgan fingerprint density at radius 3 is 2.43 bits per heavy atom. The first kappa shape index (κ1) is 16.6. The Labute approximate surface area is 132 Å². The summed E-state index contributed by atoms with van der Waals surface area (Å²) in [4.78, 5) is 10.8. The number of carbonyl (C=O) groups is 1. The maximum absolute atomic E-state index is 11.3. The van der Waals surface area contributed by atoms with Crippen LogP contribution in [0.15, 0.2) is 51.5 Å². The minimum Gasteiger partial charge on any atom is -0.478 e. The monoisotopic (exact) mass is 335 g/mol. The highest BCUT2D eigenvalue weighted by atomic mass is 32.2. The van der Waals surface area contributed by atoms with Gasteiger partial charge in [-0.3, -0.25) is 4.55 Å². The highest BCUT2D eigenvalue weighted by Crippen LogP contribution is 2.32. The quantitative estimate of drug-likeness (QED) is 0.445. The molecule has 2 aromatic carbocycles. The molecule has 4 N–H and O–H groups in total. The normalized spacial score (nSPS) is 11.7. The van der Waals surface area contributed by atoms with Crippen molar-refractivity contribution in [1.29, 1.82) is 0 Å². The summed E-state index contributed by atoms with van der Waals surface area (Å²) >= 11 is 0. The van der Waals surface area contributed by atoms with Crippen molar-refractivity contribution in [3.8, 4) is 0 Å². The number of nitrogens with two attached hydrogens (primary N) is 1. The molecule has 0 amide bonds. The van der Waals surface area contributed by atoms with Gasteiger partial charge in [-0.15, -0.1) is 10.2 Å². The average Bonchev–Trinajstić information content (AvgIpc) is 2.44. The second kappa shape index (κ2) is 6.15. The summed E-state index contributed by atoms with van der Waals surface area (Å²) in [5.74, 6) is -1.24. The minimum absolute atomic E-state index is 0.0896. The maximum atomic E-state index is 11.3. The number of carboxylic acids is 1. The highest BCUT2D eigenvalue weighted by molar-refractivity contribution is 7.86. The summed E-state index contributed by atoms with van der Waals surface area (Å²) in [7, 11) is -4.48. The van der Waals surface area contributed by atoms with Gasteiger partial charge >= 0.3 is 5.97 Å². The molecule has 0 aliphatic heterocycles. The SMILES string of the molecule is Cc1cc(N)c(N=Nc2ccccc2S(=O)(=O)O)c(C(=O)O)c1. The number of nitrogens with zero attached hydrogens (tertiary/aromatic N) is 2. The number of aryl methyl sites for hydroxylation is 1. The van der Waals surface area contributed by atoms with E-state index >= 15 is 0 Å². The topological polar surface area (TPSA) is 142 Å². The molecule has 0 spiro atoms. The fraction of sp³-hybridized carbons (Fsp3) is 0.0714. The van der Waals surface area contributed by atoms with Crippen LogP contribution in [0, 0.1) is 6.92 Å². The van der Waals surface area contributed by atoms with E-state index in [1.807, 2.05) is 0 Å². The van der Waals surface area contributed by atoms with E-state index in [4.69, 9.17) is 10.3 Å². The van der Waals surface area contributed by atoms with Crippen LogP contribution in [0.3, 0.4) is 0 Å². The average molecular weight is 335 g/mol. The largest absolute Gasteiger partial charge is 0.478 e. The van der Waals surface area contributed by atoms with E-state index in [9.17, 15) is 18.3 Å². The van der Waals surface area contributed by atoms with Gasteiger partial charge in [0.2, 0.25) is 0 Å². The molecule has 120 valence electrons. The first-order valence-corrected chi connectivity index (χ1v) is 7.76. The number of rotatable bonds is 4. The van der Waals surface area contributed by atoms with Crippen LogP contribution < -0.4 is 5.73 Å². The predicted octanol–water partition coefficient (Wildman–Crippen LogP) is 2.94. The second-order valence-electron chi connectivity index (χ2n) is 4.70. The van der Waals surface area contributed by atoms with Gasteiger partial charge in [-0.05, 0) is 36.8 Å². The van der Waals surface area contributed by atoms with Crippen LogP contribution in [0.25, 0.3) is 0 Å². The molecule has 0 radical (unpaired) electrons. The Bertz CT molecular complexity index is 907. The highest BCUT2D eigenvalue weighted by Gasteiger charge is 2.16. The molecular formula is C14H13N3O5S. The first-order chi connectivity index (χ1) is 10.7. The first-order valence-electron chi connectivity index (χ1n) is 6.32. The molecule has 8 nitrogen and oxygen atoms in total. The van der Waals surface area contributed by atoms with Crippen molar-refractivity contribution < 1.29 is 22.9 Å². The summed E-state index contributed by atoms with van der Waals surface area (Å²) in [6.45, 7) is 1.68. The number of azo groups is 1. The van der Waals surface area contributed by atoms with E-state index in [1.165, 1.54) is 30.3 Å². The van der Waals surface area contributed by atoms with Crippen molar-refractivity contribution in [2.45, 2.75) is 11.8 Å². The molecular weight excluding hydrogens is 322 g/mol. The van der Waals surface area contributed by atoms with Crippen LogP contribution in [-0.2, 0) is 10.1 Å². The number of nitrogen functional groups attached to an aromatic ring is 1. The fourth-order valence-electron chi connectivity index (χ4n) is 1.94. The summed E-state index contributed by atoms with van der Waals surface area (Å²) in [6, 6.07) is 8.28. The van der Waals surface area contributed by atoms with Gasteiger partial charge in [0.25, 0.3) is 10.1 Å². The van der Waals surface area contributed by atoms with Crippen LogP contribution in [0.4, 0.5) is 17.1 Å². The number of hydrogen-bond donors (Lipinski definition) is 3. The number of carboxylic acid groups (broad SMARTS) is 1. The number of anilines is 1. The van der Waals surface area contributed by atoms with Crippen molar-refractivity contribution in [2.24, 2.45) is 10.2 Å². The van der Waals surface area contributed by atoms with Crippen molar-refractivity contribution in [3.05, 3.63) is 47.5 Å². The van der Waals surface area contributed by atoms with E-state index in [1.54, 1.807) is 6.92 Å². The second-order valence-corrected chi connectivity index (χ2v) is 6.09. The van der Waals surface area contributed by atoms with Gasteiger partial charge < -0.3 is 10.8 Å². The zero-order chi connectivity index (χ0) is 17.2. The Morgan fingerprint density at radius 2 is 1.83 bits per heavy atom.